The van der Waals surface area contributed by atoms with Crippen molar-refractivity contribution < 1.29 is 28.5 Å². The van der Waals surface area contributed by atoms with Gasteiger partial charge in [0.2, 0.25) is 0 Å². The molecule has 7 heteroatoms. The predicted molar refractivity (Wildman–Crippen MR) is 100 cm³/mol. The number of carbonyl (C=O) groups is 2. The minimum atomic E-state index is -0.457. The fourth-order valence-corrected chi connectivity index (χ4v) is 2.35. The average molecular weight is 373 g/mol. The van der Waals surface area contributed by atoms with E-state index in [4.69, 9.17) is 18.9 Å². The van der Waals surface area contributed by atoms with Crippen LogP contribution in [0.15, 0.2) is 42.5 Å². The number of methoxy groups -OCH3 is 3. The van der Waals surface area contributed by atoms with Gasteiger partial charge in [-0.1, -0.05) is 0 Å². The van der Waals surface area contributed by atoms with Crippen LogP contribution in [0.3, 0.4) is 0 Å². The third kappa shape index (κ3) is 6.54. The summed E-state index contributed by atoms with van der Waals surface area (Å²) in [7, 11) is 4.69. The molecule has 2 aromatic carbocycles. The molecule has 0 heterocycles. The van der Waals surface area contributed by atoms with Crippen molar-refractivity contribution in [3.05, 3.63) is 48.0 Å². The van der Waals surface area contributed by atoms with Gasteiger partial charge in [-0.25, -0.2) is 0 Å². The molecule has 0 aliphatic heterocycles. The Morgan fingerprint density at radius 2 is 1.44 bits per heavy atom. The maximum atomic E-state index is 11.9. The van der Waals surface area contributed by atoms with Gasteiger partial charge in [-0.15, -0.1) is 0 Å². The van der Waals surface area contributed by atoms with Gasteiger partial charge in [-0.3, -0.25) is 9.59 Å². The number of anilines is 1. The molecule has 0 saturated heterocycles. The molecule has 2 aromatic rings. The van der Waals surface area contributed by atoms with E-state index in [1.165, 1.54) is 0 Å². The zero-order valence-corrected chi connectivity index (χ0v) is 15.6. The van der Waals surface area contributed by atoms with Crippen molar-refractivity contribution in [2.75, 3.05) is 33.3 Å². The van der Waals surface area contributed by atoms with E-state index in [0.717, 1.165) is 5.56 Å². The highest BCUT2D eigenvalue weighted by atomic mass is 16.5. The number of hydrogen-bond donors (Lipinski definition) is 1. The van der Waals surface area contributed by atoms with E-state index in [-0.39, 0.29) is 13.0 Å². The Labute approximate surface area is 158 Å². The number of carbonyl (C=O) groups excluding carboxylic acids is 2. The minimum Gasteiger partial charge on any atom is -0.497 e. The lowest BCUT2D eigenvalue weighted by molar-refractivity contribution is -0.147. The number of hydrogen-bond acceptors (Lipinski definition) is 6. The highest BCUT2D eigenvalue weighted by Gasteiger charge is 2.10. The zero-order valence-electron chi connectivity index (χ0n) is 15.6. The maximum absolute atomic E-state index is 11.9. The van der Waals surface area contributed by atoms with Crippen LogP contribution in [0, 0.1) is 0 Å². The van der Waals surface area contributed by atoms with Crippen LogP contribution < -0.4 is 19.5 Å². The third-order valence-electron chi connectivity index (χ3n) is 3.77. The highest BCUT2D eigenvalue weighted by Crippen LogP contribution is 2.23. The maximum Gasteiger partial charge on any atom is 0.306 e. The Balaban J connectivity index is 1.77. The second kappa shape index (κ2) is 10.1. The minimum absolute atomic E-state index is 0.145. The number of amides is 1. The lowest BCUT2D eigenvalue weighted by Gasteiger charge is -2.09. The summed E-state index contributed by atoms with van der Waals surface area (Å²) >= 11 is 0. The van der Waals surface area contributed by atoms with Gasteiger partial charge in [0.05, 0.1) is 21.3 Å². The number of rotatable bonds is 9. The van der Waals surface area contributed by atoms with Crippen LogP contribution in [0.2, 0.25) is 0 Å². The molecule has 0 saturated carbocycles. The Morgan fingerprint density at radius 1 is 0.852 bits per heavy atom. The van der Waals surface area contributed by atoms with E-state index in [1.54, 1.807) is 51.7 Å². The molecule has 144 valence electrons. The van der Waals surface area contributed by atoms with Gasteiger partial charge in [0.25, 0.3) is 5.91 Å². The van der Waals surface area contributed by atoms with E-state index in [0.29, 0.717) is 29.4 Å². The molecule has 1 N–H and O–H groups in total. The van der Waals surface area contributed by atoms with Crippen LogP contribution in [-0.4, -0.2) is 39.8 Å². The van der Waals surface area contributed by atoms with Crippen LogP contribution >= 0.6 is 0 Å². The molecule has 27 heavy (non-hydrogen) atoms. The summed E-state index contributed by atoms with van der Waals surface area (Å²) in [6.07, 6.45) is 0.596. The number of aryl methyl sites for hydroxylation is 1. The second-order valence-electron chi connectivity index (χ2n) is 5.66. The fourth-order valence-electron chi connectivity index (χ4n) is 2.35. The van der Waals surface area contributed by atoms with Crippen molar-refractivity contribution in [2.24, 2.45) is 0 Å². The Bertz CT molecular complexity index is 750. The van der Waals surface area contributed by atoms with Gasteiger partial charge in [0.1, 0.15) is 17.2 Å². The number of benzene rings is 2. The highest BCUT2D eigenvalue weighted by molar-refractivity contribution is 5.92. The van der Waals surface area contributed by atoms with Crippen LogP contribution in [0.1, 0.15) is 12.0 Å². The molecule has 0 aromatic heterocycles. The summed E-state index contributed by atoms with van der Waals surface area (Å²) < 4.78 is 20.5. The molecule has 2 rings (SSSR count). The number of esters is 1. The third-order valence-corrected chi connectivity index (χ3v) is 3.77. The van der Waals surface area contributed by atoms with E-state index in [9.17, 15) is 9.59 Å². The number of nitrogens with one attached hydrogen (secondary N) is 1. The molecule has 1 amide bonds. The van der Waals surface area contributed by atoms with Gasteiger partial charge >= 0.3 is 5.97 Å². The summed E-state index contributed by atoms with van der Waals surface area (Å²) in [5, 5.41) is 2.65. The van der Waals surface area contributed by atoms with Gasteiger partial charge in [0, 0.05) is 18.2 Å². The summed E-state index contributed by atoms with van der Waals surface area (Å²) in [6.45, 7) is -0.341. The molecule has 0 radical (unpaired) electrons. The molecule has 0 aliphatic rings. The topological polar surface area (TPSA) is 83.1 Å². The summed E-state index contributed by atoms with van der Waals surface area (Å²) in [6, 6.07) is 12.3. The van der Waals surface area contributed by atoms with E-state index in [1.807, 2.05) is 12.1 Å². The van der Waals surface area contributed by atoms with Crippen LogP contribution in [0.25, 0.3) is 0 Å². The van der Waals surface area contributed by atoms with Crippen molar-refractivity contribution in [3.8, 4) is 17.2 Å². The Kier molecular flexibility index (Phi) is 7.49. The monoisotopic (exact) mass is 373 g/mol. The molecule has 7 nitrogen and oxygen atoms in total. The average Bonchev–Trinajstić information content (AvgIpc) is 2.70. The van der Waals surface area contributed by atoms with Crippen LogP contribution in [0.5, 0.6) is 17.2 Å². The quantitative estimate of drug-likeness (QED) is 0.681. The normalized spacial score (nSPS) is 10.0. The van der Waals surface area contributed by atoms with Gasteiger partial charge in [-0.2, -0.15) is 0 Å². The second-order valence-corrected chi connectivity index (χ2v) is 5.66. The van der Waals surface area contributed by atoms with E-state index < -0.39 is 11.9 Å². The van der Waals surface area contributed by atoms with Crippen molar-refractivity contribution in [2.45, 2.75) is 12.8 Å². The standard InChI is InChI=1S/C20H23NO6/c1-24-16-7-5-15(6-8-16)21-19(22)13-27-20(23)9-4-14-10-17(25-2)12-18(11-14)26-3/h5-8,10-12H,4,9,13H2,1-3H3,(H,21,22). The predicted octanol–water partition coefficient (Wildman–Crippen LogP) is 2.83. The molecular weight excluding hydrogens is 350 g/mol. The molecule has 0 atom stereocenters. The first-order chi connectivity index (χ1) is 13.0. The van der Waals surface area contributed by atoms with E-state index >= 15 is 0 Å². The van der Waals surface area contributed by atoms with Crippen molar-refractivity contribution in [3.63, 3.8) is 0 Å². The van der Waals surface area contributed by atoms with Crippen molar-refractivity contribution in [1.82, 2.24) is 0 Å². The van der Waals surface area contributed by atoms with E-state index in [2.05, 4.69) is 5.32 Å². The van der Waals surface area contributed by atoms with Crippen molar-refractivity contribution in [1.29, 1.82) is 0 Å². The Hall–Kier alpha value is -3.22. The summed E-state index contributed by atoms with van der Waals surface area (Å²) in [4.78, 5) is 23.7. The molecular formula is C20H23NO6. The first-order valence-corrected chi connectivity index (χ1v) is 8.35. The first-order valence-electron chi connectivity index (χ1n) is 8.35. The Morgan fingerprint density at radius 3 is 2.00 bits per heavy atom. The lowest BCUT2D eigenvalue weighted by atomic mass is 10.1. The van der Waals surface area contributed by atoms with Crippen LogP contribution in [-0.2, 0) is 20.7 Å². The van der Waals surface area contributed by atoms with Gasteiger partial charge in [0.15, 0.2) is 6.61 Å². The zero-order chi connectivity index (χ0) is 19.6. The molecule has 0 spiro atoms. The molecule has 0 fully saturated rings. The lowest BCUT2D eigenvalue weighted by Crippen LogP contribution is -2.21. The molecule has 0 bridgehead atoms. The van der Waals surface area contributed by atoms with Crippen LogP contribution in [0.4, 0.5) is 5.69 Å². The van der Waals surface area contributed by atoms with Crippen molar-refractivity contribution >= 4 is 17.6 Å². The summed E-state index contributed by atoms with van der Waals surface area (Å²) in [5.41, 5.74) is 1.48. The SMILES string of the molecule is COc1ccc(NC(=O)COC(=O)CCc2cc(OC)cc(OC)c2)cc1. The largest absolute Gasteiger partial charge is 0.497 e. The summed E-state index contributed by atoms with van der Waals surface area (Å²) in [5.74, 6) is 1.13. The van der Waals surface area contributed by atoms with Gasteiger partial charge in [-0.05, 0) is 48.4 Å². The molecule has 0 unspecified atom stereocenters. The number of ether oxygens (including phenoxy) is 4. The van der Waals surface area contributed by atoms with Gasteiger partial charge < -0.3 is 24.3 Å². The first kappa shape index (κ1) is 20.1. The fraction of sp³-hybridized carbons (Fsp3) is 0.300. The molecule has 0 aliphatic carbocycles. The smallest absolute Gasteiger partial charge is 0.306 e.